The first-order valence-electron chi connectivity index (χ1n) is 10.1. The number of H-pyrrole nitrogens is 1. The Hall–Kier alpha value is -2.49. The van der Waals surface area contributed by atoms with Crippen molar-refractivity contribution in [2.45, 2.75) is 31.9 Å². The summed E-state index contributed by atoms with van der Waals surface area (Å²) in [5.41, 5.74) is -0.550. The Morgan fingerprint density at radius 3 is 2.68 bits per heavy atom. The van der Waals surface area contributed by atoms with E-state index in [0.29, 0.717) is 21.7 Å². The van der Waals surface area contributed by atoms with Crippen LogP contribution < -0.4 is 20.9 Å². The lowest BCUT2D eigenvalue weighted by Gasteiger charge is -2.28. The number of benzene rings is 1. The zero-order chi connectivity index (χ0) is 22.1. The van der Waals surface area contributed by atoms with Gasteiger partial charge in [-0.05, 0) is 37.5 Å². The third-order valence-electron chi connectivity index (χ3n) is 5.34. The zero-order valence-corrected chi connectivity index (χ0v) is 18.5. The van der Waals surface area contributed by atoms with Crippen molar-refractivity contribution in [2.24, 2.45) is 7.05 Å². The van der Waals surface area contributed by atoms with Gasteiger partial charge >= 0.3 is 5.69 Å². The minimum absolute atomic E-state index is 0.0515. The van der Waals surface area contributed by atoms with Crippen LogP contribution in [0.5, 0.6) is 5.75 Å². The van der Waals surface area contributed by atoms with E-state index < -0.39 is 17.4 Å². The standard InChI is InChI=1S/C20H23Cl2N5O4/c1-25-17-16(18(29)24-20(25)30)27(19(23-17)26-7-3-2-4-8-26)10-13(28)11-31-15-6-5-12(21)9-14(15)22/h5-6,9,13,28H,2-4,7-8,10-11H2,1H3,(H,24,29,30)/t13-/m0/s1. The second-order valence-electron chi connectivity index (χ2n) is 7.60. The molecule has 2 N–H and O–H groups in total. The van der Waals surface area contributed by atoms with Crippen molar-refractivity contribution in [2.75, 3.05) is 24.6 Å². The van der Waals surface area contributed by atoms with Crippen LogP contribution in [0.3, 0.4) is 0 Å². The Kier molecular flexibility index (Phi) is 6.27. The third kappa shape index (κ3) is 4.44. The number of aliphatic hydroxyl groups excluding tert-OH is 1. The first-order chi connectivity index (χ1) is 14.8. The average molecular weight is 468 g/mol. The highest BCUT2D eigenvalue weighted by atomic mass is 35.5. The van der Waals surface area contributed by atoms with Crippen LogP contribution >= 0.6 is 23.2 Å². The van der Waals surface area contributed by atoms with E-state index in [1.165, 1.54) is 4.57 Å². The van der Waals surface area contributed by atoms with E-state index in [0.717, 1.165) is 32.4 Å². The molecule has 166 valence electrons. The summed E-state index contributed by atoms with van der Waals surface area (Å²) in [5, 5.41) is 11.5. The Bertz CT molecular complexity index is 1210. The molecule has 1 aromatic carbocycles. The molecule has 0 spiro atoms. The van der Waals surface area contributed by atoms with Gasteiger partial charge in [-0.1, -0.05) is 23.2 Å². The number of nitrogens with zero attached hydrogens (tertiary/aromatic N) is 4. The van der Waals surface area contributed by atoms with Gasteiger partial charge in [-0.3, -0.25) is 14.3 Å². The number of imidazole rings is 1. The molecule has 1 aliphatic heterocycles. The smallest absolute Gasteiger partial charge is 0.329 e. The SMILES string of the molecule is Cn1c(=O)[nH]c(=O)c2c1nc(N1CCCCC1)n2C[C@H](O)COc1ccc(Cl)cc1Cl. The van der Waals surface area contributed by atoms with Crippen LogP contribution in [0.1, 0.15) is 19.3 Å². The molecule has 1 fully saturated rings. The monoisotopic (exact) mass is 467 g/mol. The van der Waals surface area contributed by atoms with E-state index in [-0.39, 0.29) is 24.3 Å². The number of aliphatic hydroxyl groups is 1. The molecular formula is C20H23Cl2N5O4. The summed E-state index contributed by atoms with van der Waals surface area (Å²) in [4.78, 5) is 33.6. The normalized spacial score (nSPS) is 15.4. The highest BCUT2D eigenvalue weighted by molar-refractivity contribution is 6.35. The molecule has 0 bridgehead atoms. The van der Waals surface area contributed by atoms with Crippen LogP contribution in [0, 0.1) is 0 Å². The van der Waals surface area contributed by atoms with Crippen LogP contribution in [0.25, 0.3) is 11.2 Å². The van der Waals surface area contributed by atoms with E-state index in [2.05, 4.69) is 14.9 Å². The number of aromatic amines is 1. The van der Waals surface area contributed by atoms with Crippen molar-refractivity contribution in [3.63, 3.8) is 0 Å². The van der Waals surface area contributed by atoms with Gasteiger partial charge in [0.2, 0.25) is 5.95 Å². The van der Waals surface area contributed by atoms with Crippen molar-refractivity contribution in [3.8, 4) is 5.75 Å². The number of fused-ring (bicyclic) bond motifs is 1. The maximum atomic E-state index is 12.6. The highest BCUT2D eigenvalue weighted by Gasteiger charge is 2.24. The predicted molar refractivity (Wildman–Crippen MR) is 120 cm³/mol. The number of piperidine rings is 1. The van der Waals surface area contributed by atoms with Crippen molar-refractivity contribution >= 4 is 40.3 Å². The molecule has 2 aromatic heterocycles. The van der Waals surface area contributed by atoms with Crippen LogP contribution in [0.4, 0.5) is 5.95 Å². The molecular weight excluding hydrogens is 445 g/mol. The van der Waals surface area contributed by atoms with Gasteiger partial charge in [0.05, 0.1) is 11.6 Å². The topological polar surface area (TPSA) is 105 Å². The van der Waals surface area contributed by atoms with Crippen molar-refractivity contribution in [1.82, 2.24) is 19.1 Å². The number of rotatable bonds is 6. The zero-order valence-electron chi connectivity index (χ0n) is 17.0. The second kappa shape index (κ2) is 8.94. The highest BCUT2D eigenvalue weighted by Crippen LogP contribution is 2.28. The molecule has 4 rings (SSSR count). The fraction of sp³-hybridized carbons (Fsp3) is 0.450. The number of hydrogen-bond donors (Lipinski definition) is 2. The lowest BCUT2D eigenvalue weighted by Crippen LogP contribution is -2.34. The van der Waals surface area contributed by atoms with Crippen molar-refractivity contribution < 1.29 is 9.84 Å². The summed E-state index contributed by atoms with van der Waals surface area (Å²) in [7, 11) is 1.56. The lowest BCUT2D eigenvalue weighted by atomic mass is 10.1. The lowest BCUT2D eigenvalue weighted by molar-refractivity contribution is 0.0936. The van der Waals surface area contributed by atoms with Gasteiger partial charge in [0.1, 0.15) is 18.5 Å². The van der Waals surface area contributed by atoms with Gasteiger partial charge < -0.3 is 19.3 Å². The molecule has 9 nitrogen and oxygen atoms in total. The van der Waals surface area contributed by atoms with E-state index in [4.69, 9.17) is 27.9 Å². The first kappa shape index (κ1) is 21.7. The number of aryl methyl sites for hydroxylation is 1. The second-order valence-corrected chi connectivity index (χ2v) is 8.44. The summed E-state index contributed by atoms with van der Waals surface area (Å²) < 4.78 is 8.61. The summed E-state index contributed by atoms with van der Waals surface area (Å²) in [5.74, 6) is 0.960. The van der Waals surface area contributed by atoms with E-state index in [1.54, 1.807) is 29.8 Å². The fourth-order valence-electron chi connectivity index (χ4n) is 3.77. The Balaban J connectivity index is 1.65. The molecule has 3 aromatic rings. The molecule has 0 radical (unpaired) electrons. The first-order valence-corrected chi connectivity index (χ1v) is 10.8. The molecule has 11 heteroatoms. The molecule has 0 aliphatic carbocycles. The molecule has 0 amide bonds. The summed E-state index contributed by atoms with van der Waals surface area (Å²) in [6.07, 6.45) is 2.20. The van der Waals surface area contributed by atoms with Crippen molar-refractivity contribution in [3.05, 3.63) is 49.1 Å². The molecule has 1 atom stereocenters. The third-order valence-corrected chi connectivity index (χ3v) is 5.87. The van der Waals surface area contributed by atoms with Gasteiger partial charge in [-0.15, -0.1) is 0 Å². The van der Waals surface area contributed by atoms with Crippen LogP contribution in [0.2, 0.25) is 10.0 Å². The number of hydrogen-bond acceptors (Lipinski definition) is 6. The van der Waals surface area contributed by atoms with Crippen LogP contribution in [-0.2, 0) is 13.6 Å². The average Bonchev–Trinajstić information content (AvgIpc) is 3.12. The predicted octanol–water partition coefficient (Wildman–Crippen LogP) is 2.16. The fourth-order valence-corrected chi connectivity index (χ4v) is 4.24. The van der Waals surface area contributed by atoms with Gasteiger partial charge in [0, 0.05) is 25.2 Å². The number of ether oxygens (including phenoxy) is 1. The maximum absolute atomic E-state index is 12.6. The van der Waals surface area contributed by atoms with Gasteiger partial charge in [-0.25, -0.2) is 4.79 Å². The van der Waals surface area contributed by atoms with Crippen molar-refractivity contribution in [1.29, 1.82) is 0 Å². The number of nitrogens with one attached hydrogen (secondary N) is 1. The quantitative estimate of drug-likeness (QED) is 0.575. The number of halogens is 2. The number of aromatic nitrogens is 4. The Morgan fingerprint density at radius 1 is 1.23 bits per heavy atom. The maximum Gasteiger partial charge on any atom is 0.329 e. The minimum Gasteiger partial charge on any atom is -0.489 e. The van der Waals surface area contributed by atoms with Gasteiger partial charge in [0.15, 0.2) is 11.2 Å². The number of anilines is 1. The molecule has 1 aliphatic rings. The molecule has 1 saturated heterocycles. The Labute approximate surface area is 187 Å². The molecule has 31 heavy (non-hydrogen) atoms. The molecule has 0 unspecified atom stereocenters. The Morgan fingerprint density at radius 2 is 1.97 bits per heavy atom. The summed E-state index contributed by atoms with van der Waals surface area (Å²) in [6.45, 7) is 1.60. The molecule has 0 saturated carbocycles. The molecule has 3 heterocycles. The summed E-state index contributed by atoms with van der Waals surface area (Å²) in [6, 6.07) is 4.83. The van der Waals surface area contributed by atoms with Crippen LogP contribution in [-0.4, -0.2) is 50.0 Å². The van der Waals surface area contributed by atoms with E-state index in [1.807, 2.05) is 0 Å². The van der Waals surface area contributed by atoms with E-state index >= 15 is 0 Å². The van der Waals surface area contributed by atoms with E-state index in [9.17, 15) is 14.7 Å². The van der Waals surface area contributed by atoms with Gasteiger partial charge in [-0.2, -0.15) is 4.98 Å². The minimum atomic E-state index is -0.954. The van der Waals surface area contributed by atoms with Gasteiger partial charge in [0.25, 0.3) is 5.56 Å². The largest absolute Gasteiger partial charge is 0.489 e. The van der Waals surface area contributed by atoms with Crippen LogP contribution in [0.15, 0.2) is 27.8 Å². The summed E-state index contributed by atoms with van der Waals surface area (Å²) >= 11 is 12.0.